The van der Waals surface area contributed by atoms with Crippen LogP contribution in [-0.4, -0.2) is 61.4 Å². The molecule has 0 amide bonds. The summed E-state index contributed by atoms with van der Waals surface area (Å²) in [4.78, 5) is 16.7. The largest absolute Gasteiger partial charge is 0.368 e. The van der Waals surface area contributed by atoms with Gasteiger partial charge in [0, 0.05) is 58.1 Å². The SMILES string of the molecule is CNC(=S)Nc1nc(N2CCCCC2)cc(N2CCN(c3ccccc3)CC2)n1. The fraction of sp³-hybridized carbons (Fsp3) is 0.476. The number of para-hydroxylation sites is 1. The van der Waals surface area contributed by atoms with Crippen molar-refractivity contribution < 1.29 is 0 Å². The number of nitrogens with zero attached hydrogens (tertiary/aromatic N) is 5. The lowest BCUT2D eigenvalue weighted by Crippen LogP contribution is -2.47. The van der Waals surface area contributed by atoms with Gasteiger partial charge in [-0.25, -0.2) is 0 Å². The van der Waals surface area contributed by atoms with Crippen LogP contribution in [0.1, 0.15) is 19.3 Å². The summed E-state index contributed by atoms with van der Waals surface area (Å²) in [6, 6.07) is 12.7. The Hall–Kier alpha value is -2.61. The average molecular weight is 412 g/mol. The van der Waals surface area contributed by atoms with Gasteiger partial charge < -0.3 is 25.3 Å². The first-order chi connectivity index (χ1) is 14.2. The van der Waals surface area contributed by atoms with Crippen molar-refractivity contribution in [2.75, 3.05) is 66.3 Å². The predicted molar refractivity (Wildman–Crippen MR) is 124 cm³/mol. The van der Waals surface area contributed by atoms with Crippen LogP contribution in [0.3, 0.4) is 0 Å². The highest BCUT2D eigenvalue weighted by atomic mass is 32.1. The molecule has 0 unspecified atom stereocenters. The Balaban J connectivity index is 1.52. The van der Waals surface area contributed by atoms with E-state index in [1.807, 2.05) is 0 Å². The maximum Gasteiger partial charge on any atom is 0.232 e. The van der Waals surface area contributed by atoms with Crippen LogP contribution >= 0.6 is 12.2 Å². The van der Waals surface area contributed by atoms with Crippen LogP contribution in [0.4, 0.5) is 23.3 Å². The van der Waals surface area contributed by atoms with E-state index >= 15 is 0 Å². The number of rotatable bonds is 4. The topological polar surface area (TPSA) is 59.6 Å². The molecular formula is C21H29N7S. The van der Waals surface area contributed by atoms with Crippen molar-refractivity contribution in [2.24, 2.45) is 0 Å². The lowest BCUT2D eigenvalue weighted by molar-refractivity contribution is 0.573. The van der Waals surface area contributed by atoms with E-state index in [1.54, 1.807) is 7.05 Å². The van der Waals surface area contributed by atoms with Gasteiger partial charge in [0.05, 0.1) is 0 Å². The number of aromatic nitrogens is 2. The third-order valence-corrected chi connectivity index (χ3v) is 5.86. The zero-order valence-electron chi connectivity index (χ0n) is 17.0. The number of thiocarbonyl (C=S) groups is 1. The number of piperazine rings is 1. The molecule has 2 aromatic rings. The Bertz CT molecular complexity index is 815. The second-order valence-corrected chi connectivity index (χ2v) is 7.88. The molecule has 8 heteroatoms. The molecular weight excluding hydrogens is 382 g/mol. The van der Waals surface area contributed by atoms with Crippen LogP contribution < -0.4 is 25.3 Å². The molecule has 2 fully saturated rings. The molecule has 0 radical (unpaired) electrons. The van der Waals surface area contributed by atoms with Gasteiger partial charge in [0.15, 0.2) is 5.11 Å². The van der Waals surface area contributed by atoms with Crippen LogP contribution in [0.25, 0.3) is 0 Å². The summed E-state index contributed by atoms with van der Waals surface area (Å²) in [5.74, 6) is 2.52. The summed E-state index contributed by atoms with van der Waals surface area (Å²) in [7, 11) is 1.80. The van der Waals surface area contributed by atoms with E-state index in [1.165, 1.54) is 24.9 Å². The molecule has 4 rings (SSSR count). The molecule has 29 heavy (non-hydrogen) atoms. The fourth-order valence-electron chi connectivity index (χ4n) is 3.92. The van der Waals surface area contributed by atoms with Gasteiger partial charge >= 0.3 is 0 Å². The quantitative estimate of drug-likeness (QED) is 0.745. The average Bonchev–Trinajstić information content (AvgIpc) is 2.80. The Kier molecular flexibility index (Phi) is 6.29. The van der Waals surface area contributed by atoms with E-state index in [9.17, 15) is 0 Å². The molecule has 7 nitrogen and oxygen atoms in total. The normalized spacial score (nSPS) is 17.2. The molecule has 1 aromatic carbocycles. The molecule has 0 spiro atoms. The molecule has 1 aromatic heterocycles. The Morgan fingerprint density at radius 3 is 2.03 bits per heavy atom. The third kappa shape index (κ3) is 4.87. The third-order valence-electron chi connectivity index (χ3n) is 5.56. The zero-order valence-corrected chi connectivity index (χ0v) is 17.8. The first-order valence-electron chi connectivity index (χ1n) is 10.4. The van der Waals surface area contributed by atoms with Crippen LogP contribution in [0.2, 0.25) is 0 Å². The second kappa shape index (κ2) is 9.26. The minimum atomic E-state index is 0.528. The minimum Gasteiger partial charge on any atom is -0.368 e. The zero-order chi connectivity index (χ0) is 20.1. The van der Waals surface area contributed by atoms with Crippen molar-refractivity contribution in [3.05, 3.63) is 36.4 Å². The maximum absolute atomic E-state index is 5.27. The molecule has 2 N–H and O–H groups in total. The van der Waals surface area contributed by atoms with Crippen molar-refractivity contribution in [1.29, 1.82) is 0 Å². The second-order valence-electron chi connectivity index (χ2n) is 7.47. The molecule has 0 saturated carbocycles. The van der Waals surface area contributed by atoms with E-state index in [2.05, 4.69) is 61.7 Å². The van der Waals surface area contributed by atoms with Crippen molar-refractivity contribution in [3.63, 3.8) is 0 Å². The van der Waals surface area contributed by atoms with Crippen LogP contribution in [0.5, 0.6) is 0 Å². The van der Waals surface area contributed by atoms with E-state index in [0.717, 1.165) is 50.9 Å². The molecule has 2 aliphatic heterocycles. The highest BCUT2D eigenvalue weighted by Gasteiger charge is 2.21. The Morgan fingerprint density at radius 2 is 1.41 bits per heavy atom. The van der Waals surface area contributed by atoms with Gasteiger partial charge in [-0.3, -0.25) is 0 Å². The molecule has 2 aliphatic rings. The van der Waals surface area contributed by atoms with Gasteiger partial charge in [0.25, 0.3) is 0 Å². The molecule has 0 bridgehead atoms. The first kappa shape index (κ1) is 19.7. The summed E-state index contributed by atoms with van der Waals surface area (Å²) in [5, 5.41) is 6.59. The van der Waals surface area contributed by atoms with Gasteiger partial charge in [-0.05, 0) is 43.6 Å². The van der Waals surface area contributed by atoms with Gasteiger partial charge in [-0.2, -0.15) is 9.97 Å². The summed E-state index contributed by atoms with van der Waals surface area (Å²) in [6.45, 7) is 5.92. The predicted octanol–water partition coefficient (Wildman–Crippen LogP) is 2.71. The number of hydrogen-bond donors (Lipinski definition) is 2. The lowest BCUT2D eigenvalue weighted by Gasteiger charge is -2.37. The van der Waals surface area contributed by atoms with Gasteiger partial charge in [0.2, 0.25) is 5.95 Å². The summed E-state index contributed by atoms with van der Waals surface area (Å²) in [6.07, 6.45) is 3.73. The van der Waals surface area contributed by atoms with E-state index in [4.69, 9.17) is 22.2 Å². The van der Waals surface area contributed by atoms with E-state index in [-0.39, 0.29) is 0 Å². The standard InChI is InChI=1S/C21H29N7S/c1-22-21(29)25-20-23-18(27-10-6-3-7-11-27)16-19(24-20)28-14-12-26(13-15-28)17-8-4-2-5-9-17/h2,4-5,8-9,16H,3,6-7,10-15H2,1H3,(H2,22,23,24,25,29). The van der Waals surface area contributed by atoms with Crippen LogP contribution in [-0.2, 0) is 0 Å². The van der Waals surface area contributed by atoms with E-state index in [0.29, 0.717) is 11.1 Å². The van der Waals surface area contributed by atoms with Gasteiger partial charge in [-0.15, -0.1) is 0 Å². The van der Waals surface area contributed by atoms with Gasteiger partial charge in [-0.1, -0.05) is 18.2 Å². The maximum atomic E-state index is 5.27. The summed E-state index contributed by atoms with van der Waals surface area (Å²) < 4.78 is 0. The van der Waals surface area contributed by atoms with E-state index < -0.39 is 0 Å². The molecule has 0 aliphatic carbocycles. The molecule has 0 atom stereocenters. The fourth-order valence-corrected chi connectivity index (χ4v) is 4.01. The number of nitrogens with one attached hydrogen (secondary N) is 2. The lowest BCUT2D eigenvalue weighted by atomic mass is 10.1. The van der Waals surface area contributed by atoms with Crippen molar-refractivity contribution in [1.82, 2.24) is 15.3 Å². The van der Waals surface area contributed by atoms with Crippen molar-refractivity contribution >= 4 is 40.6 Å². The smallest absolute Gasteiger partial charge is 0.232 e. The van der Waals surface area contributed by atoms with Crippen LogP contribution in [0, 0.1) is 0 Å². The minimum absolute atomic E-state index is 0.528. The number of anilines is 4. The Labute approximate surface area is 178 Å². The monoisotopic (exact) mass is 411 g/mol. The molecule has 2 saturated heterocycles. The highest BCUT2D eigenvalue weighted by molar-refractivity contribution is 7.80. The van der Waals surface area contributed by atoms with Gasteiger partial charge in [0.1, 0.15) is 11.6 Å². The highest BCUT2D eigenvalue weighted by Crippen LogP contribution is 2.25. The van der Waals surface area contributed by atoms with Crippen LogP contribution in [0.15, 0.2) is 36.4 Å². The summed E-state index contributed by atoms with van der Waals surface area (Å²) in [5.41, 5.74) is 1.28. The number of benzene rings is 1. The Morgan fingerprint density at radius 1 is 0.828 bits per heavy atom. The molecule has 3 heterocycles. The number of hydrogen-bond acceptors (Lipinski definition) is 6. The van der Waals surface area contributed by atoms with Crippen molar-refractivity contribution in [2.45, 2.75) is 19.3 Å². The number of piperidine rings is 1. The van der Waals surface area contributed by atoms with Crippen molar-refractivity contribution in [3.8, 4) is 0 Å². The molecule has 154 valence electrons. The summed E-state index contributed by atoms with van der Waals surface area (Å²) >= 11 is 5.27. The first-order valence-corrected chi connectivity index (χ1v) is 10.8.